The summed E-state index contributed by atoms with van der Waals surface area (Å²) >= 11 is 0. The molecule has 1 aliphatic rings. The Morgan fingerprint density at radius 3 is 2.33 bits per heavy atom. The first-order valence-corrected chi connectivity index (χ1v) is 10.7. The number of aromatic nitrogens is 1. The zero-order chi connectivity index (χ0) is 19.1. The van der Waals surface area contributed by atoms with Crippen LogP contribution in [0.15, 0.2) is 74.9 Å². The van der Waals surface area contributed by atoms with E-state index in [-0.39, 0.29) is 34.6 Å². The summed E-state index contributed by atoms with van der Waals surface area (Å²) in [5.74, 6) is 0. The standard InChI is InChI=1S/C21H19N3O3S.2ClH/c25-28(26,18-9-3-6-15-5-1-2-7-16(15)18)19-10-4-8-17-20(19)27-21(23-17)24-13-11-22-12-14-24;;/h1-10,22H,11-14H2;2*1H. The second kappa shape index (κ2) is 8.81. The summed E-state index contributed by atoms with van der Waals surface area (Å²) in [6.45, 7) is 3.25. The van der Waals surface area contributed by atoms with Gasteiger partial charge in [-0.15, -0.1) is 24.8 Å². The Bertz CT molecular complexity index is 1280. The molecule has 2 heterocycles. The van der Waals surface area contributed by atoms with Crippen molar-refractivity contribution in [1.29, 1.82) is 0 Å². The number of hydrogen-bond donors (Lipinski definition) is 1. The molecular formula is C21H21Cl2N3O3S. The number of rotatable bonds is 3. The van der Waals surface area contributed by atoms with Crippen LogP contribution in [0.2, 0.25) is 0 Å². The van der Waals surface area contributed by atoms with E-state index in [4.69, 9.17) is 4.42 Å². The molecule has 4 aromatic rings. The summed E-state index contributed by atoms with van der Waals surface area (Å²) in [4.78, 5) is 6.99. The van der Waals surface area contributed by atoms with Crippen LogP contribution in [0.25, 0.3) is 21.9 Å². The maximum absolute atomic E-state index is 13.5. The summed E-state index contributed by atoms with van der Waals surface area (Å²) in [7, 11) is -3.77. The van der Waals surface area contributed by atoms with Crippen molar-refractivity contribution in [2.75, 3.05) is 31.1 Å². The SMILES string of the molecule is Cl.Cl.O=S(=O)(c1cccc2ccccc12)c1cccc2nc(N3CCNCC3)oc12. The first-order valence-electron chi connectivity index (χ1n) is 9.23. The Balaban J connectivity index is 0.00000128. The number of sulfone groups is 1. The molecule has 0 radical (unpaired) electrons. The van der Waals surface area contributed by atoms with E-state index in [9.17, 15) is 8.42 Å². The number of oxazole rings is 1. The third-order valence-electron chi connectivity index (χ3n) is 5.08. The van der Waals surface area contributed by atoms with Crippen LogP contribution in [0.5, 0.6) is 0 Å². The van der Waals surface area contributed by atoms with Gasteiger partial charge in [0.1, 0.15) is 10.4 Å². The average molecular weight is 466 g/mol. The van der Waals surface area contributed by atoms with Crippen LogP contribution in [0.3, 0.4) is 0 Å². The minimum atomic E-state index is -3.77. The fourth-order valence-corrected chi connectivity index (χ4v) is 5.28. The van der Waals surface area contributed by atoms with Gasteiger partial charge in [-0.1, -0.05) is 42.5 Å². The lowest BCUT2D eigenvalue weighted by molar-refractivity contribution is 0.514. The lowest BCUT2D eigenvalue weighted by atomic mass is 10.1. The van der Waals surface area contributed by atoms with Crippen molar-refractivity contribution in [2.45, 2.75) is 9.79 Å². The largest absolute Gasteiger partial charge is 0.422 e. The molecule has 0 atom stereocenters. The fraction of sp³-hybridized carbons (Fsp3) is 0.190. The summed E-state index contributed by atoms with van der Waals surface area (Å²) in [5.41, 5.74) is 0.860. The van der Waals surface area contributed by atoms with Crippen LogP contribution in [-0.4, -0.2) is 39.6 Å². The Kier molecular flexibility index (Phi) is 6.57. The Labute approximate surface area is 187 Å². The minimum absolute atomic E-state index is 0. The van der Waals surface area contributed by atoms with Gasteiger partial charge < -0.3 is 14.6 Å². The molecule has 0 amide bonds. The monoisotopic (exact) mass is 465 g/mol. The number of nitrogens with one attached hydrogen (secondary N) is 1. The van der Waals surface area contributed by atoms with Gasteiger partial charge in [-0.3, -0.25) is 0 Å². The summed E-state index contributed by atoms with van der Waals surface area (Å²) in [6, 6.07) is 18.4. The van der Waals surface area contributed by atoms with E-state index in [2.05, 4.69) is 10.3 Å². The highest BCUT2D eigenvalue weighted by Gasteiger charge is 2.26. The van der Waals surface area contributed by atoms with E-state index in [1.54, 1.807) is 30.3 Å². The first kappa shape index (κ1) is 22.4. The highest BCUT2D eigenvalue weighted by molar-refractivity contribution is 7.92. The van der Waals surface area contributed by atoms with Crippen LogP contribution in [0.1, 0.15) is 0 Å². The van der Waals surface area contributed by atoms with Crippen molar-refractivity contribution in [3.63, 3.8) is 0 Å². The molecule has 1 aromatic heterocycles. The average Bonchev–Trinajstić information content (AvgIpc) is 3.18. The molecule has 6 nitrogen and oxygen atoms in total. The van der Waals surface area contributed by atoms with E-state index >= 15 is 0 Å². The minimum Gasteiger partial charge on any atom is -0.422 e. The molecule has 0 spiro atoms. The zero-order valence-corrected chi connectivity index (χ0v) is 18.4. The van der Waals surface area contributed by atoms with Crippen molar-refractivity contribution in [3.05, 3.63) is 60.7 Å². The number of piperazine rings is 1. The molecule has 0 unspecified atom stereocenters. The normalized spacial score (nSPS) is 14.3. The second-order valence-corrected chi connectivity index (χ2v) is 8.71. The maximum Gasteiger partial charge on any atom is 0.298 e. The van der Waals surface area contributed by atoms with E-state index in [0.717, 1.165) is 31.6 Å². The van der Waals surface area contributed by atoms with Crippen molar-refractivity contribution < 1.29 is 12.8 Å². The number of fused-ring (bicyclic) bond motifs is 2. The highest BCUT2D eigenvalue weighted by Crippen LogP contribution is 2.34. The van der Waals surface area contributed by atoms with Crippen molar-refractivity contribution in [1.82, 2.24) is 10.3 Å². The van der Waals surface area contributed by atoms with Gasteiger partial charge in [-0.2, -0.15) is 4.98 Å². The fourth-order valence-electron chi connectivity index (χ4n) is 3.66. The second-order valence-electron chi connectivity index (χ2n) is 6.82. The molecule has 1 N–H and O–H groups in total. The molecule has 9 heteroatoms. The van der Waals surface area contributed by atoms with E-state index in [1.807, 2.05) is 35.2 Å². The lowest BCUT2D eigenvalue weighted by Crippen LogP contribution is -2.43. The van der Waals surface area contributed by atoms with E-state index in [0.29, 0.717) is 22.5 Å². The van der Waals surface area contributed by atoms with Gasteiger partial charge in [0.15, 0.2) is 5.58 Å². The number of nitrogens with zero attached hydrogens (tertiary/aromatic N) is 2. The molecule has 0 saturated carbocycles. The molecule has 1 fully saturated rings. The summed E-state index contributed by atoms with van der Waals surface area (Å²) < 4.78 is 33.0. The first-order chi connectivity index (χ1) is 13.6. The molecule has 3 aromatic carbocycles. The van der Waals surface area contributed by atoms with Crippen LogP contribution >= 0.6 is 24.8 Å². The molecule has 1 saturated heterocycles. The van der Waals surface area contributed by atoms with Crippen molar-refractivity contribution >= 4 is 62.5 Å². The van der Waals surface area contributed by atoms with E-state index < -0.39 is 9.84 Å². The number of hydrogen-bond acceptors (Lipinski definition) is 6. The highest BCUT2D eigenvalue weighted by atomic mass is 35.5. The van der Waals surface area contributed by atoms with Gasteiger partial charge >= 0.3 is 0 Å². The van der Waals surface area contributed by atoms with Crippen LogP contribution < -0.4 is 10.2 Å². The molecular weight excluding hydrogens is 445 g/mol. The summed E-state index contributed by atoms with van der Waals surface area (Å²) in [6.07, 6.45) is 0. The van der Waals surface area contributed by atoms with Crippen LogP contribution in [-0.2, 0) is 9.84 Å². The lowest BCUT2D eigenvalue weighted by Gasteiger charge is -2.25. The van der Waals surface area contributed by atoms with Crippen LogP contribution in [0, 0.1) is 0 Å². The van der Waals surface area contributed by atoms with Gasteiger partial charge in [0.25, 0.3) is 6.01 Å². The quantitative estimate of drug-likeness (QED) is 0.491. The van der Waals surface area contributed by atoms with Gasteiger partial charge in [0.05, 0.1) is 4.90 Å². The Hall–Kier alpha value is -2.32. The van der Waals surface area contributed by atoms with E-state index in [1.165, 1.54) is 0 Å². The van der Waals surface area contributed by atoms with Gasteiger partial charge in [0, 0.05) is 31.6 Å². The third kappa shape index (κ3) is 3.74. The topological polar surface area (TPSA) is 75.4 Å². The number of halogens is 2. The predicted octanol–water partition coefficient (Wildman–Crippen LogP) is 4.07. The molecule has 158 valence electrons. The molecule has 0 aliphatic carbocycles. The van der Waals surface area contributed by atoms with Crippen molar-refractivity contribution in [2.24, 2.45) is 0 Å². The number of para-hydroxylation sites is 1. The summed E-state index contributed by atoms with van der Waals surface area (Å²) in [5, 5.41) is 4.87. The Morgan fingerprint density at radius 2 is 1.53 bits per heavy atom. The van der Waals surface area contributed by atoms with Crippen LogP contribution in [0.4, 0.5) is 6.01 Å². The Morgan fingerprint density at radius 1 is 0.867 bits per heavy atom. The smallest absolute Gasteiger partial charge is 0.298 e. The molecule has 30 heavy (non-hydrogen) atoms. The number of anilines is 1. The molecule has 0 bridgehead atoms. The molecule has 5 rings (SSSR count). The van der Waals surface area contributed by atoms with Crippen molar-refractivity contribution in [3.8, 4) is 0 Å². The van der Waals surface area contributed by atoms with Gasteiger partial charge in [-0.05, 0) is 23.6 Å². The zero-order valence-electron chi connectivity index (χ0n) is 15.9. The third-order valence-corrected chi connectivity index (χ3v) is 6.92. The molecule has 1 aliphatic heterocycles. The van der Waals surface area contributed by atoms with Gasteiger partial charge in [0.2, 0.25) is 9.84 Å². The predicted molar refractivity (Wildman–Crippen MR) is 123 cm³/mol. The number of benzene rings is 3. The maximum atomic E-state index is 13.5. The van der Waals surface area contributed by atoms with Gasteiger partial charge in [-0.25, -0.2) is 8.42 Å².